The number of rotatable bonds is 8. The summed E-state index contributed by atoms with van der Waals surface area (Å²) < 4.78 is 45.6. The van der Waals surface area contributed by atoms with Gasteiger partial charge in [0.15, 0.2) is 0 Å². The highest BCUT2D eigenvalue weighted by atomic mass is 19.4. The molecular formula is C25H29F3N4O2. The van der Waals surface area contributed by atoms with Crippen LogP contribution in [0.2, 0.25) is 0 Å². The standard InChI is InChI=1S/C25H29F3N4O2/c26-25(27,28)20-5-1-2-7-22(20)34-19-11-15-32(16-12-19)24(21-6-3-4-13-29-21)31-17-23(33)30-14-10-18-8-9-18/h1-7,13,18-19H,8-12,14-17H2,(H,30,33)/b31-24+. The Balaban J connectivity index is 1.37. The van der Waals surface area contributed by atoms with Crippen LogP contribution in [-0.4, -0.2) is 53.9 Å². The van der Waals surface area contributed by atoms with Crippen LogP contribution in [0.1, 0.15) is 43.4 Å². The van der Waals surface area contributed by atoms with Crippen molar-refractivity contribution in [2.24, 2.45) is 10.9 Å². The monoisotopic (exact) mass is 474 g/mol. The van der Waals surface area contributed by atoms with Gasteiger partial charge in [-0.15, -0.1) is 0 Å². The van der Waals surface area contributed by atoms with Gasteiger partial charge in [-0.05, 0) is 36.6 Å². The minimum absolute atomic E-state index is 0.00591. The maximum absolute atomic E-state index is 13.3. The lowest BCUT2D eigenvalue weighted by Crippen LogP contribution is -2.43. The van der Waals surface area contributed by atoms with E-state index in [1.807, 2.05) is 23.1 Å². The van der Waals surface area contributed by atoms with Crippen LogP contribution in [0.5, 0.6) is 5.75 Å². The Hall–Kier alpha value is -3.10. The van der Waals surface area contributed by atoms with Gasteiger partial charge in [-0.2, -0.15) is 13.2 Å². The first kappa shape index (κ1) is 24.0. The number of ether oxygens (including phenoxy) is 1. The quantitative estimate of drug-likeness (QED) is 0.458. The van der Waals surface area contributed by atoms with Crippen molar-refractivity contribution in [2.75, 3.05) is 26.2 Å². The first-order valence-electron chi connectivity index (χ1n) is 11.7. The lowest BCUT2D eigenvalue weighted by atomic mass is 10.1. The molecule has 182 valence electrons. The molecule has 1 saturated carbocycles. The molecule has 4 rings (SSSR count). The van der Waals surface area contributed by atoms with E-state index in [0.29, 0.717) is 44.0 Å². The van der Waals surface area contributed by atoms with Crippen LogP contribution in [0.4, 0.5) is 13.2 Å². The van der Waals surface area contributed by atoms with Crippen LogP contribution < -0.4 is 10.1 Å². The Kier molecular flexibility index (Phi) is 7.70. The maximum Gasteiger partial charge on any atom is 0.419 e. The Morgan fingerprint density at radius 1 is 1.09 bits per heavy atom. The van der Waals surface area contributed by atoms with Crippen molar-refractivity contribution >= 4 is 11.7 Å². The highest BCUT2D eigenvalue weighted by molar-refractivity contribution is 5.98. The molecule has 1 aromatic carbocycles. The second-order valence-corrected chi connectivity index (χ2v) is 8.73. The number of amidine groups is 1. The predicted molar refractivity (Wildman–Crippen MR) is 123 cm³/mol. The van der Waals surface area contributed by atoms with Gasteiger partial charge >= 0.3 is 6.18 Å². The molecule has 2 aromatic rings. The summed E-state index contributed by atoms with van der Waals surface area (Å²) in [5, 5.41) is 2.92. The molecule has 1 aromatic heterocycles. The Bertz CT molecular complexity index is 985. The molecule has 1 N–H and O–H groups in total. The fraction of sp³-hybridized carbons (Fsp3) is 0.480. The summed E-state index contributed by atoms with van der Waals surface area (Å²) in [6, 6.07) is 10.8. The molecule has 0 unspecified atom stereocenters. The van der Waals surface area contributed by atoms with Gasteiger partial charge in [-0.1, -0.05) is 31.0 Å². The Labute approximate surface area is 197 Å². The van der Waals surface area contributed by atoms with Crippen molar-refractivity contribution in [3.8, 4) is 5.75 Å². The number of hydrogen-bond acceptors (Lipinski definition) is 4. The summed E-state index contributed by atoms with van der Waals surface area (Å²) in [6.07, 6.45) is 1.44. The van der Waals surface area contributed by atoms with Crippen LogP contribution in [0.25, 0.3) is 0 Å². The second-order valence-electron chi connectivity index (χ2n) is 8.73. The first-order valence-corrected chi connectivity index (χ1v) is 11.7. The molecule has 6 nitrogen and oxygen atoms in total. The predicted octanol–water partition coefficient (Wildman–Crippen LogP) is 4.31. The smallest absolute Gasteiger partial charge is 0.419 e. The number of aliphatic imine (C=N–C) groups is 1. The average molecular weight is 475 g/mol. The van der Waals surface area contributed by atoms with E-state index in [1.54, 1.807) is 12.3 Å². The number of para-hydroxylation sites is 1. The SMILES string of the molecule is O=C(C/N=C(\c1ccccn1)N1CCC(Oc2ccccc2C(F)(F)F)CC1)NCCC1CC1. The minimum Gasteiger partial charge on any atom is -0.490 e. The number of nitrogens with zero attached hydrogens (tertiary/aromatic N) is 3. The molecule has 1 aliphatic carbocycles. The van der Waals surface area contributed by atoms with Crippen LogP contribution >= 0.6 is 0 Å². The molecular weight excluding hydrogens is 445 g/mol. The van der Waals surface area contributed by atoms with Gasteiger partial charge in [-0.25, -0.2) is 0 Å². The molecule has 0 bridgehead atoms. The highest BCUT2D eigenvalue weighted by Crippen LogP contribution is 2.37. The lowest BCUT2D eigenvalue weighted by molar-refractivity contribution is -0.139. The van der Waals surface area contributed by atoms with Gasteiger partial charge < -0.3 is 15.0 Å². The molecule has 34 heavy (non-hydrogen) atoms. The normalized spacial score (nSPS) is 17.5. The summed E-state index contributed by atoms with van der Waals surface area (Å²) in [6.45, 7) is 1.75. The summed E-state index contributed by atoms with van der Waals surface area (Å²) in [5.74, 6) is 1.09. The van der Waals surface area contributed by atoms with E-state index in [1.165, 1.54) is 25.0 Å². The van der Waals surface area contributed by atoms with E-state index in [2.05, 4.69) is 15.3 Å². The molecule has 0 radical (unpaired) electrons. The second kappa shape index (κ2) is 10.9. The van der Waals surface area contributed by atoms with Gasteiger partial charge in [0, 0.05) is 38.7 Å². The number of benzene rings is 1. The molecule has 1 aliphatic heterocycles. The van der Waals surface area contributed by atoms with E-state index in [-0.39, 0.29) is 24.3 Å². The fourth-order valence-corrected chi connectivity index (χ4v) is 4.03. The third-order valence-corrected chi connectivity index (χ3v) is 6.07. The number of amides is 1. The number of aromatic nitrogens is 1. The molecule has 2 heterocycles. The Morgan fingerprint density at radius 3 is 2.50 bits per heavy atom. The van der Waals surface area contributed by atoms with Crippen molar-refractivity contribution < 1.29 is 22.7 Å². The number of likely N-dealkylation sites (tertiary alicyclic amines) is 1. The number of alkyl halides is 3. The van der Waals surface area contributed by atoms with Crippen molar-refractivity contribution in [3.63, 3.8) is 0 Å². The Morgan fingerprint density at radius 2 is 1.82 bits per heavy atom. The number of carbonyl (C=O) groups is 1. The van der Waals surface area contributed by atoms with Crippen molar-refractivity contribution in [1.29, 1.82) is 0 Å². The van der Waals surface area contributed by atoms with Crippen LogP contribution in [0, 0.1) is 5.92 Å². The maximum atomic E-state index is 13.3. The molecule has 0 atom stereocenters. The summed E-state index contributed by atoms with van der Waals surface area (Å²) in [7, 11) is 0. The average Bonchev–Trinajstić information content (AvgIpc) is 3.65. The molecule has 2 aliphatic rings. The summed E-state index contributed by atoms with van der Waals surface area (Å²) in [4.78, 5) is 23.2. The van der Waals surface area contributed by atoms with E-state index < -0.39 is 11.7 Å². The van der Waals surface area contributed by atoms with E-state index >= 15 is 0 Å². The van der Waals surface area contributed by atoms with E-state index in [9.17, 15) is 18.0 Å². The van der Waals surface area contributed by atoms with Crippen molar-refractivity contribution in [3.05, 3.63) is 59.9 Å². The largest absolute Gasteiger partial charge is 0.490 e. The number of hydrogen-bond donors (Lipinski definition) is 1. The zero-order valence-electron chi connectivity index (χ0n) is 18.9. The highest BCUT2D eigenvalue weighted by Gasteiger charge is 2.35. The van der Waals surface area contributed by atoms with Crippen molar-refractivity contribution in [2.45, 2.75) is 44.4 Å². The van der Waals surface area contributed by atoms with Gasteiger partial charge in [0.05, 0.1) is 5.56 Å². The zero-order valence-corrected chi connectivity index (χ0v) is 18.9. The molecule has 9 heteroatoms. The number of pyridine rings is 1. The van der Waals surface area contributed by atoms with Crippen LogP contribution in [0.3, 0.4) is 0 Å². The first-order chi connectivity index (χ1) is 16.4. The fourth-order valence-electron chi connectivity index (χ4n) is 4.03. The lowest BCUT2D eigenvalue weighted by Gasteiger charge is -2.34. The van der Waals surface area contributed by atoms with Crippen LogP contribution in [0.15, 0.2) is 53.7 Å². The van der Waals surface area contributed by atoms with E-state index in [4.69, 9.17) is 4.74 Å². The number of halogens is 3. The minimum atomic E-state index is -4.46. The number of nitrogens with one attached hydrogen (secondary N) is 1. The van der Waals surface area contributed by atoms with Crippen LogP contribution in [-0.2, 0) is 11.0 Å². The molecule has 2 fully saturated rings. The van der Waals surface area contributed by atoms with Crippen molar-refractivity contribution in [1.82, 2.24) is 15.2 Å². The third kappa shape index (κ3) is 6.71. The summed E-state index contributed by atoms with van der Waals surface area (Å²) in [5.41, 5.74) is -0.101. The summed E-state index contributed by atoms with van der Waals surface area (Å²) >= 11 is 0. The topological polar surface area (TPSA) is 66.8 Å². The van der Waals surface area contributed by atoms with Gasteiger partial charge in [0.2, 0.25) is 5.91 Å². The number of carbonyl (C=O) groups excluding carboxylic acids is 1. The zero-order chi connectivity index (χ0) is 24.0. The molecule has 1 amide bonds. The van der Waals surface area contributed by atoms with Gasteiger partial charge in [-0.3, -0.25) is 14.8 Å². The third-order valence-electron chi connectivity index (χ3n) is 6.07. The van der Waals surface area contributed by atoms with E-state index in [0.717, 1.165) is 18.4 Å². The van der Waals surface area contributed by atoms with Gasteiger partial charge in [0.1, 0.15) is 29.9 Å². The molecule has 1 saturated heterocycles. The number of piperidine rings is 1. The molecule has 0 spiro atoms. The van der Waals surface area contributed by atoms with Gasteiger partial charge in [0.25, 0.3) is 0 Å².